The van der Waals surface area contributed by atoms with Crippen molar-refractivity contribution in [3.63, 3.8) is 0 Å². The van der Waals surface area contributed by atoms with E-state index in [4.69, 9.17) is 35.7 Å². The topological polar surface area (TPSA) is 132 Å². The van der Waals surface area contributed by atoms with E-state index in [9.17, 15) is 0 Å². The molecule has 1 aromatic heterocycles. The van der Waals surface area contributed by atoms with E-state index in [1.165, 1.54) is 0 Å². The number of nitrogens with zero attached hydrogens (tertiary/aromatic N) is 1. The maximum atomic E-state index is 7.25. The second-order valence-electron chi connectivity index (χ2n) is 11.0. The van der Waals surface area contributed by atoms with Crippen molar-refractivity contribution in [2.75, 3.05) is 5.73 Å². The lowest BCUT2D eigenvalue weighted by Gasteiger charge is -2.39. The van der Waals surface area contributed by atoms with Gasteiger partial charge in [-0.05, 0) is 75.8 Å². The highest BCUT2D eigenvalue weighted by Crippen LogP contribution is 2.58. The third kappa shape index (κ3) is 2.84. The van der Waals surface area contributed by atoms with Gasteiger partial charge >= 0.3 is 7.12 Å². The summed E-state index contributed by atoms with van der Waals surface area (Å²) in [6, 6.07) is 9.56. The molecule has 1 saturated heterocycles. The van der Waals surface area contributed by atoms with E-state index in [2.05, 4.69) is 18.0 Å². The van der Waals surface area contributed by atoms with Crippen LogP contribution in [0.2, 0.25) is 0 Å². The Kier molecular flexibility index (Phi) is 4.35. The molecule has 0 amide bonds. The number of aromatic nitrogens is 1. The maximum absolute atomic E-state index is 7.25. The molecule has 3 heterocycles. The normalized spacial score (nSPS) is 31.0. The number of fused-ring (bicyclic) bond motifs is 1. The third-order valence-corrected chi connectivity index (χ3v) is 8.30. The largest absolute Gasteiger partial charge is 0.494 e. The molecule has 6 N–H and O–H groups in total. The van der Waals surface area contributed by atoms with Crippen LogP contribution in [0.3, 0.4) is 0 Å². The van der Waals surface area contributed by atoms with Gasteiger partial charge in [-0.2, -0.15) is 4.98 Å². The number of nitrogens with two attached hydrogens (primary N) is 3. The first-order chi connectivity index (χ1) is 15.9. The number of oxazole rings is 1. The summed E-state index contributed by atoms with van der Waals surface area (Å²) in [7, 11) is -0.514. The summed E-state index contributed by atoms with van der Waals surface area (Å²) in [5, 5.41) is 0. The van der Waals surface area contributed by atoms with Crippen LogP contribution in [0.4, 0.5) is 6.01 Å². The molecular weight excluding hydrogens is 431 g/mol. The molecule has 34 heavy (non-hydrogen) atoms. The number of anilines is 1. The summed E-state index contributed by atoms with van der Waals surface area (Å²) in [4.78, 5) is 4.30. The number of hydrogen-bond donors (Lipinski definition) is 3. The van der Waals surface area contributed by atoms with Gasteiger partial charge in [-0.3, -0.25) is 0 Å². The monoisotopic (exact) mass is 462 g/mol. The van der Waals surface area contributed by atoms with E-state index in [0.717, 1.165) is 34.3 Å². The summed E-state index contributed by atoms with van der Waals surface area (Å²) in [6.07, 6.45) is 0.748. The van der Waals surface area contributed by atoms with Crippen molar-refractivity contribution in [1.29, 1.82) is 0 Å². The standard InChI is InChI=1S/C25H31BN4O4/c1-12-8-16-20-15(10-14(11-19(20)31-12)26-33-23(2,3)24(4,5)34-26)21(27)25(16,29)13-6-7-18-17(9-13)30-22(28)32-18/h6-7,9-12,16,21H,8,27,29H2,1-5H3,(H2,28,30)/t12-,16-,21-,25-/m1/s1. The molecule has 2 aromatic carbocycles. The predicted octanol–water partition coefficient (Wildman–Crippen LogP) is 2.83. The van der Waals surface area contributed by atoms with Gasteiger partial charge in [0.2, 0.25) is 0 Å². The molecule has 0 saturated carbocycles. The number of hydrogen-bond acceptors (Lipinski definition) is 8. The van der Waals surface area contributed by atoms with Gasteiger partial charge in [0.25, 0.3) is 6.01 Å². The van der Waals surface area contributed by atoms with Gasteiger partial charge in [0, 0.05) is 11.5 Å². The van der Waals surface area contributed by atoms with E-state index in [-0.39, 0.29) is 18.0 Å². The Bertz CT molecular complexity index is 1310. The first-order valence-electron chi connectivity index (χ1n) is 11.8. The molecule has 178 valence electrons. The molecule has 8 nitrogen and oxygen atoms in total. The molecule has 0 spiro atoms. The minimum absolute atomic E-state index is 0.00899. The van der Waals surface area contributed by atoms with Crippen LogP contribution in [0.1, 0.15) is 69.7 Å². The van der Waals surface area contributed by atoms with Crippen molar-refractivity contribution < 1.29 is 18.5 Å². The van der Waals surface area contributed by atoms with Crippen LogP contribution < -0.4 is 27.4 Å². The maximum Gasteiger partial charge on any atom is 0.494 e. The Hall–Kier alpha value is -2.59. The molecule has 4 atom stereocenters. The molecule has 9 heteroatoms. The third-order valence-electron chi connectivity index (χ3n) is 8.30. The summed E-state index contributed by atoms with van der Waals surface area (Å²) in [6.45, 7) is 10.2. The van der Waals surface area contributed by atoms with E-state index in [1.807, 2.05) is 52.0 Å². The SMILES string of the molecule is C[C@@H]1C[C@@H]2c3c(cc(B4OC(C)(C)C(C)(C)O4)cc3[C@@H](N)[C@@]2(N)c2ccc3oc(N)nc3c2)O1. The van der Waals surface area contributed by atoms with Crippen LogP contribution in [-0.4, -0.2) is 29.4 Å². The highest BCUT2D eigenvalue weighted by molar-refractivity contribution is 6.62. The average molecular weight is 462 g/mol. The lowest BCUT2D eigenvalue weighted by atomic mass is 9.74. The molecule has 3 aliphatic rings. The van der Waals surface area contributed by atoms with Gasteiger partial charge in [0.1, 0.15) is 11.3 Å². The fourth-order valence-electron chi connectivity index (χ4n) is 5.73. The second kappa shape index (κ2) is 6.76. The van der Waals surface area contributed by atoms with Crippen molar-refractivity contribution in [2.24, 2.45) is 11.5 Å². The first-order valence-corrected chi connectivity index (χ1v) is 11.8. The van der Waals surface area contributed by atoms with Gasteiger partial charge in [-0.15, -0.1) is 0 Å². The zero-order valence-electron chi connectivity index (χ0n) is 20.2. The molecule has 2 aliphatic heterocycles. The Morgan fingerprint density at radius 3 is 2.47 bits per heavy atom. The predicted molar refractivity (Wildman–Crippen MR) is 131 cm³/mol. The van der Waals surface area contributed by atoms with E-state index < -0.39 is 29.9 Å². The lowest BCUT2D eigenvalue weighted by molar-refractivity contribution is 0.00578. The van der Waals surface area contributed by atoms with Crippen molar-refractivity contribution in [3.8, 4) is 5.75 Å². The van der Waals surface area contributed by atoms with Crippen LogP contribution in [0, 0.1) is 0 Å². The second-order valence-corrected chi connectivity index (χ2v) is 11.0. The zero-order valence-corrected chi connectivity index (χ0v) is 20.2. The smallest absolute Gasteiger partial charge is 0.490 e. The molecule has 6 rings (SSSR count). The number of benzene rings is 2. The number of nitrogen functional groups attached to an aromatic ring is 1. The number of ether oxygens (including phenoxy) is 1. The number of rotatable bonds is 2. The molecule has 3 aromatic rings. The quantitative estimate of drug-likeness (QED) is 0.496. The van der Waals surface area contributed by atoms with Crippen molar-refractivity contribution in [2.45, 2.75) is 75.8 Å². The summed E-state index contributed by atoms with van der Waals surface area (Å²) >= 11 is 0. The van der Waals surface area contributed by atoms with Gasteiger partial charge in [-0.25, -0.2) is 0 Å². The Morgan fingerprint density at radius 2 is 1.76 bits per heavy atom. The molecular formula is C25H31BN4O4. The molecule has 1 aliphatic carbocycles. The Balaban J connectivity index is 1.48. The van der Waals surface area contributed by atoms with Crippen molar-refractivity contribution >= 4 is 29.7 Å². The fraction of sp³-hybridized carbons (Fsp3) is 0.480. The van der Waals surface area contributed by atoms with Crippen LogP contribution >= 0.6 is 0 Å². The highest BCUT2D eigenvalue weighted by atomic mass is 16.7. The summed E-state index contributed by atoms with van der Waals surface area (Å²) in [5.74, 6) is 0.797. The zero-order chi connectivity index (χ0) is 24.2. The summed E-state index contributed by atoms with van der Waals surface area (Å²) in [5.41, 5.74) is 23.4. The van der Waals surface area contributed by atoms with Crippen LogP contribution in [0.15, 0.2) is 34.7 Å². The molecule has 0 radical (unpaired) electrons. The van der Waals surface area contributed by atoms with Crippen LogP contribution in [0.5, 0.6) is 5.75 Å². The van der Waals surface area contributed by atoms with Crippen molar-refractivity contribution in [3.05, 3.63) is 47.0 Å². The fourth-order valence-corrected chi connectivity index (χ4v) is 5.73. The van der Waals surface area contributed by atoms with E-state index >= 15 is 0 Å². The van der Waals surface area contributed by atoms with Gasteiger partial charge < -0.3 is 35.7 Å². The van der Waals surface area contributed by atoms with Gasteiger partial charge in [-0.1, -0.05) is 12.1 Å². The van der Waals surface area contributed by atoms with E-state index in [1.54, 1.807) is 0 Å². The van der Waals surface area contributed by atoms with Gasteiger partial charge in [0.15, 0.2) is 5.58 Å². The summed E-state index contributed by atoms with van der Waals surface area (Å²) < 4.78 is 24.4. The lowest BCUT2D eigenvalue weighted by Crippen LogP contribution is -2.48. The Labute approximate surface area is 199 Å². The van der Waals surface area contributed by atoms with Crippen molar-refractivity contribution in [1.82, 2.24) is 4.98 Å². The first kappa shape index (κ1) is 21.9. The van der Waals surface area contributed by atoms with Gasteiger partial charge in [0.05, 0.1) is 28.9 Å². The minimum atomic E-state index is -0.842. The van der Waals surface area contributed by atoms with Crippen LogP contribution in [-0.2, 0) is 14.8 Å². The minimum Gasteiger partial charge on any atom is -0.490 e. The van der Waals surface area contributed by atoms with Crippen LogP contribution in [0.25, 0.3) is 11.1 Å². The molecule has 0 unspecified atom stereocenters. The highest BCUT2D eigenvalue weighted by Gasteiger charge is 2.56. The Morgan fingerprint density at radius 1 is 1.06 bits per heavy atom. The average Bonchev–Trinajstić information content (AvgIpc) is 3.31. The molecule has 1 fully saturated rings. The molecule has 0 bridgehead atoms. The van der Waals surface area contributed by atoms with E-state index in [0.29, 0.717) is 11.1 Å².